The van der Waals surface area contributed by atoms with Crippen molar-refractivity contribution in [2.75, 3.05) is 6.61 Å². The van der Waals surface area contributed by atoms with Crippen molar-refractivity contribution in [3.8, 4) is 5.75 Å². The van der Waals surface area contributed by atoms with Gasteiger partial charge in [0.1, 0.15) is 5.75 Å². The molecule has 4 N–H and O–H groups in total. The van der Waals surface area contributed by atoms with Crippen LogP contribution in [0, 0.1) is 0 Å². The molecule has 1 aliphatic rings. The van der Waals surface area contributed by atoms with Gasteiger partial charge in [-0.15, -0.1) is 12.4 Å². The predicted octanol–water partition coefficient (Wildman–Crippen LogP) is 1.73. The number of amides is 1. The number of aliphatic imine (C=N–C) groups is 1. The number of nitrogens with two attached hydrogens (primary N) is 2. The van der Waals surface area contributed by atoms with Crippen molar-refractivity contribution in [2.24, 2.45) is 16.5 Å². The molecule has 0 saturated carbocycles. The van der Waals surface area contributed by atoms with Crippen LogP contribution in [0.15, 0.2) is 28.8 Å². The molecule has 102 valence electrons. The van der Waals surface area contributed by atoms with Gasteiger partial charge in [0.15, 0.2) is 5.96 Å². The maximum atomic E-state index is 11.8. The van der Waals surface area contributed by atoms with Crippen LogP contribution in [0.4, 0.5) is 0 Å². The lowest BCUT2D eigenvalue weighted by Crippen LogP contribution is -2.24. The summed E-state index contributed by atoms with van der Waals surface area (Å²) in [5.41, 5.74) is 11.6. The third-order valence-corrected chi connectivity index (χ3v) is 2.75. The lowest BCUT2D eigenvalue weighted by Gasteiger charge is -2.06. The Morgan fingerprint density at radius 3 is 2.79 bits per heavy atom. The van der Waals surface area contributed by atoms with Crippen LogP contribution >= 0.6 is 24.0 Å². The number of carbonyl (C=O) groups is 1. The Hall–Kier alpha value is -1.72. The molecule has 0 unspecified atom stereocenters. The molecule has 1 heterocycles. The third-order valence-electron chi connectivity index (χ3n) is 2.45. The Morgan fingerprint density at radius 2 is 2.11 bits per heavy atom. The Morgan fingerprint density at radius 1 is 1.37 bits per heavy atom. The van der Waals surface area contributed by atoms with Crippen molar-refractivity contribution < 1.29 is 9.53 Å². The first-order chi connectivity index (χ1) is 8.58. The van der Waals surface area contributed by atoms with Crippen molar-refractivity contribution in [3.05, 3.63) is 34.4 Å². The molecule has 0 spiro atoms. The highest BCUT2D eigenvalue weighted by atomic mass is 35.5. The van der Waals surface area contributed by atoms with Gasteiger partial charge in [0, 0.05) is 17.6 Å². The molecule has 0 bridgehead atoms. The summed E-state index contributed by atoms with van der Waals surface area (Å²) in [6, 6.07) is 5.33. The molecule has 1 amide bonds. The van der Waals surface area contributed by atoms with Crippen LogP contribution in [0.5, 0.6) is 5.75 Å². The summed E-state index contributed by atoms with van der Waals surface area (Å²) >= 11 is 6.02. The molecule has 5 nitrogen and oxygen atoms in total. The molecule has 1 aromatic carbocycles. The molecule has 0 saturated heterocycles. The van der Waals surface area contributed by atoms with E-state index in [0.717, 1.165) is 5.56 Å². The molecule has 0 aliphatic carbocycles. The molecule has 0 atom stereocenters. The zero-order chi connectivity index (χ0) is 13.1. The number of halogens is 2. The minimum Gasteiger partial charge on any atom is -0.491 e. The van der Waals surface area contributed by atoms with E-state index in [1.54, 1.807) is 18.2 Å². The van der Waals surface area contributed by atoms with Gasteiger partial charge < -0.3 is 16.2 Å². The highest BCUT2D eigenvalue weighted by Gasteiger charge is 2.16. The fraction of sp³-hybridized carbons (Fsp3) is 0.167. The van der Waals surface area contributed by atoms with Crippen molar-refractivity contribution in [1.82, 2.24) is 0 Å². The number of benzene rings is 1. The summed E-state index contributed by atoms with van der Waals surface area (Å²) in [4.78, 5) is 15.3. The van der Waals surface area contributed by atoms with E-state index >= 15 is 0 Å². The van der Waals surface area contributed by atoms with Gasteiger partial charge in [0.2, 0.25) is 0 Å². The van der Waals surface area contributed by atoms with E-state index in [9.17, 15) is 4.79 Å². The molecule has 1 aromatic rings. The molecule has 2 rings (SSSR count). The number of hydrogen-bond acceptors (Lipinski definition) is 2. The monoisotopic (exact) mass is 301 g/mol. The standard InChI is InChI=1S/C12H12ClN3O2.ClH/c13-9-3-1-2-7-6-8(4-5-18-10(7)9)11(17)16-12(14)15;/h1-3,6H,4-5H2,(H4,14,15,16,17);1H. The van der Waals surface area contributed by atoms with E-state index < -0.39 is 5.91 Å². The van der Waals surface area contributed by atoms with E-state index in [2.05, 4.69) is 4.99 Å². The Bertz CT molecular complexity index is 552. The maximum absolute atomic E-state index is 11.8. The van der Waals surface area contributed by atoms with Gasteiger partial charge in [-0.3, -0.25) is 4.79 Å². The number of carbonyl (C=O) groups excluding carboxylic acids is 1. The molecule has 7 heteroatoms. The zero-order valence-corrected chi connectivity index (χ0v) is 11.5. The molecular formula is C12H13Cl2N3O2. The normalized spacial score (nSPS) is 13.0. The SMILES string of the molecule is Cl.NC(N)=NC(=O)C1=Cc2cccc(Cl)c2OCC1. The number of rotatable bonds is 1. The summed E-state index contributed by atoms with van der Waals surface area (Å²) < 4.78 is 5.52. The number of para-hydroxylation sites is 1. The van der Waals surface area contributed by atoms with E-state index in [-0.39, 0.29) is 18.4 Å². The predicted molar refractivity (Wildman–Crippen MR) is 77.6 cm³/mol. The molecule has 0 fully saturated rings. The van der Waals surface area contributed by atoms with Gasteiger partial charge in [-0.05, 0) is 12.1 Å². The van der Waals surface area contributed by atoms with Crippen molar-refractivity contribution in [2.45, 2.75) is 6.42 Å². The van der Waals surface area contributed by atoms with Crippen LogP contribution in [-0.2, 0) is 4.79 Å². The van der Waals surface area contributed by atoms with Crippen molar-refractivity contribution in [3.63, 3.8) is 0 Å². The van der Waals surface area contributed by atoms with Crippen molar-refractivity contribution in [1.29, 1.82) is 0 Å². The second kappa shape index (κ2) is 6.45. The van der Waals surface area contributed by atoms with Gasteiger partial charge in [-0.2, -0.15) is 4.99 Å². The van der Waals surface area contributed by atoms with Crippen molar-refractivity contribution >= 4 is 42.0 Å². The molecular weight excluding hydrogens is 289 g/mol. The van der Waals surface area contributed by atoms with Gasteiger partial charge in [0.05, 0.1) is 11.6 Å². The van der Waals surface area contributed by atoms with Gasteiger partial charge >= 0.3 is 0 Å². The van der Waals surface area contributed by atoms with E-state index in [0.29, 0.717) is 29.4 Å². The van der Waals surface area contributed by atoms with Crippen LogP contribution < -0.4 is 16.2 Å². The first kappa shape index (κ1) is 15.3. The minimum absolute atomic E-state index is 0. The number of nitrogens with zero attached hydrogens (tertiary/aromatic N) is 1. The average Bonchev–Trinajstić information content (AvgIpc) is 2.51. The summed E-state index contributed by atoms with van der Waals surface area (Å²) in [6.45, 7) is 0.355. The average molecular weight is 302 g/mol. The van der Waals surface area contributed by atoms with Crippen LogP contribution in [0.3, 0.4) is 0 Å². The fourth-order valence-electron chi connectivity index (χ4n) is 1.67. The number of hydrogen-bond donors (Lipinski definition) is 2. The lowest BCUT2D eigenvalue weighted by molar-refractivity contribution is -0.114. The quantitative estimate of drug-likeness (QED) is 0.610. The van der Waals surface area contributed by atoms with Crippen LogP contribution in [0.25, 0.3) is 6.08 Å². The van der Waals surface area contributed by atoms with Gasteiger partial charge in [-0.1, -0.05) is 23.7 Å². The zero-order valence-electron chi connectivity index (χ0n) is 9.93. The highest BCUT2D eigenvalue weighted by molar-refractivity contribution is 6.32. The van der Waals surface area contributed by atoms with E-state index in [1.807, 2.05) is 6.07 Å². The maximum Gasteiger partial charge on any atom is 0.276 e. The van der Waals surface area contributed by atoms with E-state index in [1.165, 1.54) is 0 Å². The molecule has 1 aliphatic heterocycles. The topological polar surface area (TPSA) is 90.7 Å². The smallest absolute Gasteiger partial charge is 0.276 e. The fourth-order valence-corrected chi connectivity index (χ4v) is 1.91. The summed E-state index contributed by atoms with van der Waals surface area (Å²) in [7, 11) is 0. The second-order valence-corrected chi connectivity index (χ2v) is 4.18. The third kappa shape index (κ3) is 3.62. The van der Waals surface area contributed by atoms with Crippen LogP contribution in [-0.4, -0.2) is 18.5 Å². The number of fused-ring (bicyclic) bond motifs is 1. The Kier molecular flexibility index (Phi) is 5.20. The van der Waals surface area contributed by atoms with Gasteiger partial charge in [0.25, 0.3) is 5.91 Å². The lowest BCUT2D eigenvalue weighted by atomic mass is 10.1. The summed E-state index contributed by atoms with van der Waals surface area (Å²) in [6.07, 6.45) is 2.13. The summed E-state index contributed by atoms with van der Waals surface area (Å²) in [5.74, 6) is -0.129. The first-order valence-corrected chi connectivity index (χ1v) is 5.71. The number of guanidine groups is 1. The second-order valence-electron chi connectivity index (χ2n) is 3.77. The summed E-state index contributed by atoms with van der Waals surface area (Å²) in [5, 5.41) is 0.513. The van der Waals surface area contributed by atoms with Crippen LogP contribution in [0.1, 0.15) is 12.0 Å². The van der Waals surface area contributed by atoms with E-state index in [4.69, 9.17) is 27.8 Å². The molecule has 0 aromatic heterocycles. The Balaban J connectivity index is 0.00000180. The Labute approximate surface area is 121 Å². The largest absolute Gasteiger partial charge is 0.491 e. The first-order valence-electron chi connectivity index (χ1n) is 5.34. The molecule has 19 heavy (non-hydrogen) atoms. The molecule has 0 radical (unpaired) electrons. The minimum atomic E-state index is -0.452. The van der Waals surface area contributed by atoms with Gasteiger partial charge in [-0.25, -0.2) is 0 Å². The number of ether oxygens (including phenoxy) is 1. The highest BCUT2D eigenvalue weighted by Crippen LogP contribution is 2.33. The van der Waals surface area contributed by atoms with Crippen LogP contribution in [0.2, 0.25) is 5.02 Å².